The minimum absolute atomic E-state index is 0.202. The van der Waals surface area contributed by atoms with Crippen LogP contribution < -0.4 is 4.74 Å². The van der Waals surface area contributed by atoms with E-state index in [2.05, 4.69) is 26.5 Å². The summed E-state index contributed by atoms with van der Waals surface area (Å²) in [7, 11) is 0. The molecule has 7 nitrogen and oxygen atoms in total. The second-order valence-electron chi connectivity index (χ2n) is 8.27. The zero-order valence-electron chi connectivity index (χ0n) is 16.9. The number of aromatic nitrogens is 4. The van der Waals surface area contributed by atoms with Gasteiger partial charge < -0.3 is 9.64 Å². The van der Waals surface area contributed by atoms with Gasteiger partial charge in [-0.3, -0.25) is 4.79 Å². The predicted molar refractivity (Wildman–Crippen MR) is 110 cm³/mol. The summed E-state index contributed by atoms with van der Waals surface area (Å²) in [5.41, 5.74) is 2.66. The van der Waals surface area contributed by atoms with Crippen molar-refractivity contribution in [3.05, 3.63) is 29.8 Å². The maximum absolute atomic E-state index is 13.2. The molecule has 0 saturated heterocycles. The lowest BCUT2D eigenvalue weighted by molar-refractivity contribution is -0.141. The summed E-state index contributed by atoms with van der Waals surface area (Å²) in [5.74, 6) is 1.35. The van der Waals surface area contributed by atoms with E-state index < -0.39 is 0 Å². The van der Waals surface area contributed by atoms with E-state index in [0.29, 0.717) is 25.1 Å². The number of benzene rings is 1. The van der Waals surface area contributed by atoms with Crippen LogP contribution in [0.25, 0.3) is 16.6 Å². The summed E-state index contributed by atoms with van der Waals surface area (Å²) in [6.07, 6.45) is 7.83. The van der Waals surface area contributed by atoms with E-state index in [1.54, 1.807) is 4.52 Å². The molecule has 2 aliphatic carbocycles. The second-order valence-corrected chi connectivity index (χ2v) is 8.27. The number of nitrogens with zero attached hydrogens (tertiary/aromatic N) is 5. The number of carbonyl (C=O) groups excluding carboxylic acids is 1. The number of rotatable bonds is 6. The number of tetrazole rings is 1. The Bertz CT molecular complexity index is 1040. The number of pyridine rings is 1. The third kappa shape index (κ3) is 3.32. The normalized spacial score (nSPS) is 17.7. The van der Waals surface area contributed by atoms with Crippen LogP contribution in [0.1, 0.15) is 57.4 Å². The highest BCUT2D eigenvalue weighted by atomic mass is 16.5. The van der Waals surface area contributed by atoms with Gasteiger partial charge in [-0.15, -0.1) is 5.10 Å². The number of ether oxygens (including phenoxy) is 1. The molecule has 2 saturated carbocycles. The first kappa shape index (κ1) is 18.3. The van der Waals surface area contributed by atoms with Gasteiger partial charge in [-0.2, -0.15) is 4.52 Å². The molecular weight excluding hydrogens is 366 g/mol. The minimum atomic E-state index is 0.202. The second kappa shape index (κ2) is 7.61. The van der Waals surface area contributed by atoms with Crippen molar-refractivity contribution in [2.45, 2.75) is 64.5 Å². The Morgan fingerprint density at radius 1 is 1.17 bits per heavy atom. The maximum Gasteiger partial charge on any atom is 0.226 e. The summed E-state index contributed by atoms with van der Waals surface area (Å²) in [6.45, 7) is 3.17. The zero-order chi connectivity index (χ0) is 19.8. The molecule has 2 heterocycles. The van der Waals surface area contributed by atoms with Gasteiger partial charge in [0.2, 0.25) is 5.91 Å². The Morgan fingerprint density at radius 3 is 2.72 bits per heavy atom. The molecular formula is C22H27N5O2. The lowest BCUT2D eigenvalue weighted by Gasteiger charge is -2.35. The molecule has 3 aromatic rings. The van der Waals surface area contributed by atoms with E-state index in [0.717, 1.165) is 53.5 Å². The molecule has 1 aromatic carbocycles. The topological polar surface area (TPSA) is 72.6 Å². The van der Waals surface area contributed by atoms with Gasteiger partial charge in [0.1, 0.15) is 5.75 Å². The third-order valence-electron chi connectivity index (χ3n) is 6.47. The van der Waals surface area contributed by atoms with Crippen LogP contribution in [0.3, 0.4) is 0 Å². The van der Waals surface area contributed by atoms with Crippen LogP contribution in [0.2, 0.25) is 0 Å². The van der Waals surface area contributed by atoms with E-state index in [9.17, 15) is 4.79 Å². The fraction of sp³-hybridized carbons (Fsp3) is 0.545. The monoisotopic (exact) mass is 393 g/mol. The van der Waals surface area contributed by atoms with Gasteiger partial charge in [0, 0.05) is 29.5 Å². The summed E-state index contributed by atoms with van der Waals surface area (Å²) >= 11 is 0. The van der Waals surface area contributed by atoms with Crippen molar-refractivity contribution >= 4 is 22.5 Å². The Balaban J connectivity index is 1.55. The van der Waals surface area contributed by atoms with E-state index in [4.69, 9.17) is 4.74 Å². The minimum Gasteiger partial charge on any atom is -0.494 e. The zero-order valence-corrected chi connectivity index (χ0v) is 16.9. The largest absolute Gasteiger partial charge is 0.494 e. The maximum atomic E-state index is 13.2. The first-order valence-corrected chi connectivity index (χ1v) is 10.8. The number of hydrogen-bond donors (Lipinski definition) is 0. The van der Waals surface area contributed by atoms with Gasteiger partial charge >= 0.3 is 0 Å². The van der Waals surface area contributed by atoms with Crippen molar-refractivity contribution < 1.29 is 9.53 Å². The van der Waals surface area contributed by atoms with Gasteiger partial charge in [-0.1, -0.05) is 19.3 Å². The average Bonchev–Trinajstić information content (AvgIpc) is 3.36. The van der Waals surface area contributed by atoms with Crippen molar-refractivity contribution in [2.75, 3.05) is 6.61 Å². The molecule has 2 aliphatic rings. The standard InChI is InChI=1S/C22H27N5O2/c1-2-29-19-10-11-20-16(13-19)12-17(21-23-24-25-27(20)21)14-26(18-8-3-4-9-18)22(28)15-6-5-7-15/h10-13,15,18H,2-9,14H2,1H3. The molecule has 29 heavy (non-hydrogen) atoms. The molecule has 2 fully saturated rings. The first-order valence-electron chi connectivity index (χ1n) is 10.8. The van der Waals surface area contributed by atoms with Gasteiger partial charge in [0.25, 0.3) is 0 Å². The van der Waals surface area contributed by atoms with Crippen LogP contribution in [0.15, 0.2) is 24.3 Å². The van der Waals surface area contributed by atoms with Gasteiger partial charge in [0.05, 0.1) is 12.1 Å². The van der Waals surface area contributed by atoms with Crippen LogP contribution in [0.5, 0.6) is 5.75 Å². The Hall–Kier alpha value is -2.70. The number of fused-ring (bicyclic) bond motifs is 3. The molecule has 7 heteroatoms. The van der Waals surface area contributed by atoms with Crippen LogP contribution in [-0.2, 0) is 11.3 Å². The Labute approximate surface area is 170 Å². The molecule has 0 N–H and O–H groups in total. The van der Waals surface area contributed by atoms with Gasteiger partial charge in [-0.05, 0) is 67.3 Å². The fourth-order valence-electron chi connectivity index (χ4n) is 4.69. The quantitative estimate of drug-likeness (QED) is 0.638. The van der Waals surface area contributed by atoms with E-state index in [1.807, 2.05) is 25.1 Å². The predicted octanol–water partition coefficient (Wildman–Crippen LogP) is 3.75. The molecule has 0 bridgehead atoms. The summed E-state index contributed by atoms with van der Waals surface area (Å²) in [6, 6.07) is 8.42. The number of carbonyl (C=O) groups is 1. The van der Waals surface area contributed by atoms with E-state index in [-0.39, 0.29) is 5.92 Å². The molecule has 0 aliphatic heterocycles. The molecule has 5 rings (SSSR count). The lowest BCUT2D eigenvalue weighted by atomic mass is 9.84. The summed E-state index contributed by atoms with van der Waals surface area (Å²) in [5, 5.41) is 13.4. The SMILES string of the molecule is CCOc1ccc2c(c1)cc(CN(C(=O)C1CCC1)C1CCCC1)c1nnnn12. The molecule has 0 spiro atoms. The highest BCUT2D eigenvalue weighted by molar-refractivity contribution is 5.85. The highest BCUT2D eigenvalue weighted by Gasteiger charge is 2.34. The van der Waals surface area contributed by atoms with Crippen molar-refractivity contribution in [1.29, 1.82) is 0 Å². The molecule has 152 valence electrons. The molecule has 1 amide bonds. The first-order chi connectivity index (χ1) is 14.2. The lowest BCUT2D eigenvalue weighted by Crippen LogP contribution is -2.43. The number of amides is 1. The van der Waals surface area contributed by atoms with Crippen LogP contribution in [0.4, 0.5) is 0 Å². The molecule has 0 unspecified atom stereocenters. The number of hydrogen-bond acceptors (Lipinski definition) is 5. The van der Waals surface area contributed by atoms with E-state index in [1.165, 1.54) is 19.3 Å². The molecule has 2 aromatic heterocycles. The van der Waals surface area contributed by atoms with Crippen molar-refractivity contribution in [3.8, 4) is 5.75 Å². The van der Waals surface area contributed by atoms with Crippen LogP contribution >= 0.6 is 0 Å². The summed E-state index contributed by atoms with van der Waals surface area (Å²) < 4.78 is 7.45. The average molecular weight is 393 g/mol. The summed E-state index contributed by atoms with van der Waals surface area (Å²) in [4.78, 5) is 15.4. The fourth-order valence-corrected chi connectivity index (χ4v) is 4.69. The molecule has 0 radical (unpaired) electrons. The van der Waals surface area contributed by atoms with Crippen LogP contribution in [-0.4, -0.2) is 43.5 Å². The van der Waals surface area contributed by atoms with Crippen molar-refractivity contribution in [1.82, 2.24) is 24.9 Å². The Kier molecular flexibility index (Phi) is 4.81. The molecule has 0 atom stereocenters. The van der Waals surface area contributed by atoms with Crippen LogP contribution in [0, 0.1) is 5.92 Å². The third-order valence-corrected chi connectivity index (χ3v) is 6.47. The van der Waals surface area contributed by atoms with Crippen molar-refractivity contribution in [3.63, 3.8) is 0 Å². The highest BCUT2D eigenvalue weighted by Crippen LogP contribution is 2.34. The van der Waals surface area contributed by atoms with Gasteiger partial charge in [0.15, 0.2) is 5.65 Å². The van der Waals surface area contributed by atoms with E-state index >= 15 is 0 Å². The van der Waals surface area contributed by atoms with Crippen molar-refractivity contribution in [2.24, 2.45) is 5.92 Å². The Morgan fingerprint density at radius 2 is 2.00 bits per heavy atom. The van der Waals surface area contributed by atoms with Gasteiger partial charge in [-0.25, -0.2) is 0 Å². The smallest absolute Gasteiger partial charge is 0.226 e.